The van der Waals surface area contributed by atoms with Crippen molar-refractivity contribution in [2.45, 2.75) is 64.0 Å². The third kappa shape index (κ3) is 4.66. The summed E-state index contributed by atoms with van der Waals surface area (Å²) in [5.74, 6) is 2.70. The molecule has 1 N–H and O–H groups in total. The molecule has 0 atom stereocenters. The topological polar surface area (TPSA) is 83.4 Å². The van der Waals surface area contributed by atoms with Gasteiger partial charge in [0.1, 0.15) is 11.6 Å². The number of nitrogens with zero attached hydrogens (tertiary/aromatic N) is 5. The minimum atomic E-state index is 0. The number of carbonyl (C=O) groups excluding carboxylic acids is 2. The van der Waals surface area contributed by atoms with E-state index in [1.54, 1.807) is 4.90 Å². The van der Waals surface area contributed by atoms with E-state index in [-0.39, 0.29) is 30.8 Å². The van der Waals surface area contributed by atoms with Crippen molar-refractivity contribution in [3.8, 4) is 0 Å². The Morgan fingerprint density at radius 2 is 1.82 bits per heavy atom. The van der Waals surface area contributed by atoms with Gasteiger partial charge in [0, 0.05) is 45.1 Å². The van der Waals surface area contributed by atoms with Gasteiger partial charge < -0.3 is 19.7 Å². The summed E-state index contributed by atoms with van der Waals surface area (Å²) in [6, 6.07) is 0. The average Bonchev–Trinajstić information content (AvgIpc) is 3.12. The molecule has 1 aromatic heterocycles. The van der Waals surface area contributed by atoms with Crippen LogP contribution in [-0.2, 0) is 22.7 Å². The molecular weight excluding hydrogens is 380 g/mol. The van der Waals surface area contributed by atoms with Crippen molar-refractivity contribution in [1.29, 1.82) is 0 Å². The van der Waals surface area contributed by atoms with Crippen LogP contribution in [0.1, 0.15) is 62.5 Å². The van der Waals surface area contributed by atoms with E-state index >= 15 is 0 Å². The summed E-state index contributed by atoms with van der Waals surface area (Å²) in [7, 11) is 0. The normalized spacial score (nSPS) is 21.5. The SMILES string of the molecule is Cl.O=C(CN1CCCCCCC1=O)N1CCC(c2nnc3n2CCNC3)CC1. The molecule has 2 amide bonds. The zero-order valence-corrected chi connectivity index (χ0v) is 17.3. The van der Waals surface area contributed by atoms with Gasteiger partial charge in [0.15, 0.2) is 0 Å². The second kappa shape index (κ2) is 9.69. The molecule has 0 unspecified atom stereocenters. The Kier molecular flexibility index (Phi) is 7.29. The van der Waals surface area contributed by atoms with Crippen molar-refractivity contribution in [2.24, 2.45) is 0 Å². The molecule has 3 aliphatic rings. The van der Waals surface area contributed by atoms with Gasteiger partial charge >= 0.3 is 0 Å². The minimum absolute atomic E-state index is 0. The third-order valence-electron chi connectivity index (χ3n) is 6.11. The summed E-state index contributed by atoms with van der Waals surface area (Å²) in [6.07, 6.45) is 6.67. The lowest BCUT2D eigenvalue weighted by Crippen LogP contribution is -2.46. The van der Waals surface area contributed by atoms with Crippen LogP contribution < -0.4 is 5.32 Å². The molecular formula is C19H31ClN6O2. The van der Waals surface area contributed by atoms with Crippen molar-refractivity contribution in [1.82, 2.24) is 29.9 Å². The molecule has 9 heteroatoms. The highest BCUT2D eigenvalue weighted by Crippen LogP contribution is 2.28. The number of nitrogens with one attached hydrogen (secondary N) is 1. The Balaban J connectivity index is 0.00000225. The molecule has 0 radical (unpaired) electrons. The molecule has 3 aliphatic heterocycles. The van der Waals surface area contributed by atoms with Crippen LogP contribution in [0.2, 0.25) is 0 Å². The summed E-state index contributed by atoms with van der Waals surface area (Å²) in [6.45, 7) is 5.12. The predicted octanol–water partition coefficient (Wildman–Crippen LogP) is 1.30. The number of fused-ring (bicyclic) bond motifs is 1. The first-order valence-corrected chi connectivity index (χ1v) is 10.4. The number of hydrogen-bond donors (Lipinski definition) is 1. The van der Waals surface area contributed by atoms with Crippen LogP contribution in [-0.4, -0.2) is 69.1 Å². The highest BCUT2D eigenvalue weighted by molar-refractivity contribution is 5.85. The number of aromatic nitrogens is 3. The second-order valence-corrected chi connectivity index (χ2v) is 7.94. The average molecular weight is 411 g/mol. The van der Waals surface area contributed by atoms with Gasteiger partial charge in [-0.15, -0.1) is 22.6 Å². The van der Waals surface area contributed by atoms with Gasteiger partial charge in [0.2, 0.25) is 11.8 Å². The van der Waals surface area contributed by atoms with Crippen LogP contribution in [0.4, 0.5) is 0 Å². The molecule has 0 saturated carbocycles. The van der Waals surface area contributed by atoms with E-state index in [2.05, 4.69) is 20.1 Å². The van der Waals surface area contributed by atoms with Crippen LogP contribution in [0.3, 0.4) is 0 Å². The summed E-state index contributed by atoms with van der Waals surface area (Å²) in [5.41, 5.74) is 0. The standard InChI is InChI=1S/C19H30N6O2.ClH/c26-17-5-3-1-2-4-9-24(17)14-18(27)23-10-6-15(7-11-23)19-22-21-16-13-20-8-12-25(16)19;/h15,20H,1-14H2;1H. The zero-order chi connectivity index (χ0) is 18.6. The van der Waals surface area contributed by atoms with E-state index in [0.717, 1.165) is 89.4 Å². The fourth-order valence-electron chi connectivity index (χ4n) is 4.45. The molecule has 2 fully saturated rings. The maximum Gasteiger partial charge on any atom is 0.242 e. The van der Waals surface area contributed by atoms with Crippen molar-refractivity contribution >= 4 is 24.2 Å². The van der Waals surface area contributed by atoms with Gasteiger partial charge in [-0.3, -0.25) is 9.59 Å². The molecule has 28 heavy (non-hydrogen) atoms. The van der Waals surface area contributed by atoms with Gasteiger partial charge in [-0.05, 0) is 25.7 Å². The lowest BCUT2D eigenvalue weighted by atomic mass is 9.95. The van der Waals surface area contributed by atoms with Crippen molar-refractivity contribution in [3.63, 3.8) is 0 Å². The lowest BCUT2D eigenvalue weighted by Gasteiger charge is -2.34. The summed E-state index contributed by atoms with van der Waals surface area (Å²) < 4.78 is 2.25. The predicted molar refractivity (Wildman–Crippen MR) is 107 cm³/mol. The Hall–Kier alpha value is -1.67. The number of hydrogen-bond acceptors (Lipinski definition) is 5. The second-order valence-electron chi connectivity index (χ2n) is 7.94. The molecule has 0 spiro atoms. The first kappa shape index (κ1) is 21.0. The molecule has 8 nitrogen and oxygen atoms in total. The van der Waals surface area contributed by atoms with E-state index < -0.39 is 0 Å². The summed E-state index contributed by atoms with van der Waals surface area (Å²) in [4.78, 5) is 28.7. The molecule has 0 aromatic carbocycles. The largest absolute Gasteiger partial charge is 0.341 e. The molecule has 4 heterocycles. The highest BCUT2D eigenvalue weighted by atomic mass is 35.5. The fourth-order valence-corrected chi connectivity index (χ4v) is 4.45. The highest BCUT2D eigenvalue weighted by Gasteiger charge is 2.30. The van der Waals surface area contributed by atoms with Gasteiger partial charge in [-0.25, -0.2) is 0 Å². The van der Waals surface area contributed by atoms with E-state index in [9.17, 15) is 9.59 Å². The third-order valence-corrected chi connectivity index (χ3v) is 6.11. The number of rotatable bonds is 3. The maximum atomic E-state index is 12.7. The van der Waals surface area contributed by atoms with Gasteiger partial charge in [0.25, 0.3) is 0 Å². The number of piperidine rings is 1. The Labute approximate surface area is 172 Å². The van der Waals surface area contributed by atoms with Crippen LogP contribution in [0, 0.1) is 0 Å². The molecule has 1 aromatic rings. The minimum Gasteiger partial charge on any atom is -0.341 e. The zero-order valence-electron chi connectivity index (χ0n) is 16.4. The van der Waals surface area contributed by atoms with Crippen molar-refractivity contribution in [2.75, 3.05) is 32.7 Å². The fraction of sp³-hybridized carbons (Fsp3) is 0.789. The quantitative estimate of drug-likeness (QED) is 0.812. The van der Waals surface area contributed by atoms with Crippen molar-refractivity contribution < 1.29 is 9.59 Å². The van der Waals surface area contributed by atoms with Crippen LogP contribution in [0.5, 0.6) is 0 Å². The van der Waals surface area contributed by atoms with E-state index in [1.165, 1.54) is 0 Å². The first-order chi connectivity index (χ1) is 13.2. The first-order valence-electron chi connectivity index (χ1n) is 10.4. The monoisotopic (exact) mass is 410 g/mol. The molecule has 0 bridgehead atoms. The van der Waals surface area contributed by atoms with Gasteiger partial charge in [-0.2, -0.15) is 0 Å². The smallest absolute Gasteiger partial charge is 0.242 e. The maximum absolute atomic E-state index is 12.7. The van der Waals surface area contributed by atoms with E-state index in [0.29, 0.717) is 12.3 Å². The number of halogens is 1. The summed E-state index contributed by atoms with van der Waals surface area (Å²) >= 11 is 0. The van der Waals surface area contributed by atoms with Crippen LogP contribution in [0.25, 0.3) is 0 Å². The molecule has 0 aliphatic carbocycles. The number of carbonyl (C=O) groups is 2. The van der Waals surface area contributed by atoms with Gasteiger partial charge in [-0.1, -0.05) is 12.8 Å². The molecule has 156 valence electrons. The van der Waals surface area contributed by atoms with Gasteiger partial charge in [0.05, 0.1) is 13.1 Å². The van der Waals surface area contributed by atoms with E-state index in [4.69, 9.17) is 0 Å². The summed E-state index contributed by atoms with van der Waals surface area (Å²) in [5, 5.41) is 12.1. The Morgan fingerprint density at radius 1 is 1.04 bits per heavy atom. The van der Waals surface area contributed by atoms with Crippen LogP contribution in [0.15, 0.2) is 0 Å². The lowest BCUT2D eigenvalue weighted by molar-refractivity contribution is -0.141. The van der Waals surface area contributed by atoms with Crippen molar-refractivity contribution in [3.05, 3.63) is 11.6 Å². The van der Waals surface area contributed by atoms with E-state index in [1.807, 2.05) is 4.90 Å². The number of likely N-dealkylation sites (tertiary alicyclic amines) is 2. The molecule has 4 rings (SSSR count). The Morgan fingerprint density at radius 3 is 2.64 bits per heavy atom. The Bertz CT molecular complexity index is 686. The molecule has 2 saturated heterocycles. The van der Waals surface area contributed by atoms with Crippen LogP contribution >= 0.6 is 12.4 Å². The number of amides is 2.